The van der Waals surface area contributed by atoms with Crippen LogP contribution in [0.4, 0.5) is 4.79 Å². The predicted molar refractivity (Wildman–Crippen MR) is 234 cm³/mol. The number of H-pyrrole nitrogens is 2. The van der Waals surface area contributed by atoms with Gasteiger partial charge in [-0.3, -0.25) is 14.9 Å². The Bertz CT molecular complexity index is 2250. The van der Waals surface area contributed by atoms with Crippen molar-refractivity contribution in [2.24, 2.45) is 22.7 Å². The fourth-order valence-electron chi connectivity index (χ4n) is 7.06. The zero-order chi connectivity index (χ0) is 44.1. The van der Waals surface area contributed by atoms with Crippen LogP contribution in [0.5, 0.6) is 0 Å². The highest BCUT2D eigenvalue weighted by molar-refractivity contribution is 5.91. The van der Waals surface area contributed by atoms with Crippen molar-refractivity contribution in [3.05, 3.63) is 84.7 Å². The van der Waals surface area contributed by atoms with Gasteiger partial charge in [0.25, 0.3) is 0 Å². The third-order valence-electron chi connectivity index (χ3n) is 10.6. The molecule has 0 aliphatic heterocycles. The molecular formula is C46H62N8O6. The second-order valence-corrected chi connectivity index (χ2v) is 18.2. The number of methoxy groups -OCH3 is 2. The molecule has 7 N–H and O–H groups in total. The zero-order valence-electron chi connectivity index (χ0n) is 36.9. The summed E-state index contributed by atoms with van der Waals surface area (Å²) in [4.78, 5) is 55.0. The lowest BCUT2D eigenvalue weighted by Crippen LogP contribution is -2.53. The topological polar surface area (TPSA) is 195 Å². The van der Waals surface area contributed by atoms with E-state index < -0.39 is 36.7 Å². The predicted octanol–water partition coefficient (Wildman–Crippen LogP) is 7.61. The molecule has 0 fully saturated rings. The number of carbonyl (C=O) groups excluding carboxylic acids is 3. The Morgan fingerprint density at radius 2 is 1.05 bits per heavy atom. The van der Waals surface area contributed by atoms with E-state index in [2.05, 4.69) is 84.8 Å². The number of aliphatic hydroxyl groups excluding tert-OH is 1. The van der Waals surface area contributed by atoms with E-state index in [1.165, 1.54) is 14.2 Å². The van der Waals surface area contributed by atoms with Crippen LogP contribution < -0.4 is 21.3 Å². The molecular weight excluding hydrogens is 761 g/mol. The van der Waals surface area contributed by atoms with E-state index in [0.29, 0.717) is 11.6 Å². The van der Waals surface area contributed by atoms with Crippen LogP contribution in [0.2, 0.25) is 0 Å². The summed E-state index contributed by atoms with van der Waals surface area (Å²) in [5, 5.41) is 23.9. The van der Waals surface area contributed by atoms with Gasteiger partial charge in [0.2, 0.25) is 18.2 Å². The number of ether oxygens (including phenoxy) is 2. The monoisotopic (exact) mass is 822 g/mol. The minimum Gasteiger partial charge on any atom is -0.453 e. The molecule has 1 unspecified atom stereocenters. The molecule has 5 rings (SSSR count). The van der Waals surface area contributed by atoms with Gasteiger partial charge in [-0.1, -0.05) is 118 Å². The number of nitrogens with one attached hydrogen (secondary N) is 6. The van der Waals surface area contributed by atoms with Crippen molar-refractivity contribution in [2.75, 3.05) is 14.2 Å². The fourth-order valence-corrected chi connectivity index (χ4v) is 7.06. The van der Waals surface area contributed by atoms with E-state index in [-0.39, 0.29) is 34.5 Å². The van der Waals surface area contributed by atoms with Gasteiger partial charge in [0, 0.05) is 12.7 Å². The van der Waals surface area contributed by atoms with Gasteiger partial charge >= 0.3 is 6.09 Å². The summed E-state index contributed by atoms with van der Waals surface area (Å²) in [6, 6.07) is 18.6. The molecule has 0 saturated carbocycles. The number of aromatic nitrogens is 4. The van der Waals surface area contributed by atoms with Crippen molar-refractivity contribution in [1.82, 2.24) is 41.2 Å². The number of alkyl carbamates (subject to hydrolysis) is 1. The molecule has 14 nitrogen and oxygen atoms in total. The Labute approximate surface area is 353 Å². The largest absolute Gasteiger partial charge is 0.453 e. The number of aromatic amines is 2. The van der Waals surface area contributed by atoms with Crippen LogP contribution in [0.3, 0.4) is 0 Å². The molecule has 0 aliphatic carbocycles. The molecule has 0 aliphatic rings. The van der Waals surface area contributed by atoms with Crippen molar-refractivity contribution in [3.63, 3.8) is 0 Å². The molecule has 0 spiro atoms. The van der Waals surface area contributed by atoms with Gasteiger partial charge in [-0.25, -0.2) is 14.8 Å². The second kappa shape index (κ2) is 18.8. The Balaban J connectivity index is 1.31. The second-order valence-electron chi connectivity index (χ2n) is 18.2. The molecule has 0 saturated heterocycles. The number of rotatable bonds is 15. The van der Waals surface area contributed by atoms with Crippen molar-refractivity contribution < 1.29 is 29.0 Å². The Morgan fingerprint density at radius 3 is 1.52 bits per heavy atom. The maximum atomic E-state index is 13.4. The van der Waals surface area contributed by atoms with E-state index in [9.17, 15) is 19.5 Å². The highest BCUT2D eigenvalue weighted by atomic mass is 16.6. The normalized spacial score (nSPS) is 14.7. The van der Waals surface area contributed by atoms with Crippen LogP contribution in [0.1, 0.15) is 93.0 Å². The molecule has 60 heavy (non-hydrogen) atoms. The first kappa shape index (κ1) is 45.5. The lowest BCUT2D eigenvalue weighted by molar-refractivity contribution is -0.136. The molecule has 2 heterocycles. The summed E-state index contributed by atoms with van der Waals surface area (Å²) in [5.41, 5.74) is 4.93. The van der Waals surface area contributed by atoms with Crippen LogP contribution in [0.15, 0.2) is 73.1 Å². The summed E-state index contributed by atoms with van der Waals surface area (Å²) in [6.07, 6.45) is 1.64. The highest BCUT2D eigenvalue weighted by Gasteiger charge is 2.35. The molecule has 5 aromatic rings. The number of fused-ring (bicyclic) bond motifs is 1. The zero-order valence-corrected chi connectivity index (χ0v) is 36.9. The third-order valence-corrected chi connectivity index (χ3v) is 10.6. The van der Waals surface area contributed by atoms with E-state index in [1.54, 1.807) is 12.4 Å². The Kier molecular flexibility index (Phi) is 14.2. The average molecular weight is 823 g/mol. The van der Waals surface area contributed by atoms with Crippen LogP contribution in [0.25, 0.3) is 44.4 Å². The minimum atomic E-state index is -1.26. The first-order valence-electron chi connectivity index (χ1n) is 20.4. The number of imidazole rings is 2. The van der Waals surface area contributed by atoms with E-state index >= 15 is 0 Å². The SMILES string of the molecule is COC(=O)N[C@@H](C(=O)N[C@H](c1ncc(-c2ccc(-c3ccc4cc(-c5cnc([C@@H](NC(=O)[C@H](NC(O)OC)C(C)C)C(C)(C)C)[nH]5)ccc4c3)cc2)[nH]1)C(C)(C)C)C(C)C. The summed E-state index contributed by atoms with van der Waals surface area (Å²) >= 11 is 0. The maximum Gasteiger partial charge on any atom is 0.407 e. The number of aliphatic hydroxyl groups is 1. The van der Waals surface area contributed by atoms with Crippen LogP contribution in [0, 0.1) is 22.7 Å². The number of hydrogen-bond acceptors (Lipinski definition) is 9. The van der Waals surface area contributed by atoms with Crippen LogP contribution in [-0.4, -0.2) is 75.7 Å². The number of nitrogens with zero attached hydrogens (tertiary/aromatic N) is 2. The summed E-state index contributed by atoms with van der Waals surface area (Å²) < 4.78 is 9.67. The lowest BCUT2D eigenvalue weighted by atomic mass is 9.85. The molecule has 3 aromatic carbocycles. The highest BCUT2D eigenvalue weighted by Crippen LogP contribution is 2.35. The van der Waals surface area contributed by atoms with Gasteiger partial charge in [-0.15, -0.1) is 0 Å². The number of hydrogen-bond donors (Lipinski definition) is 7. The number of carbonyl (C=O) groups is 3. The summed E-state index contributed by atoms with van der Waals surface area (Å²) in [6.45, 7) is 19.7. The van der Waals surface area contributed by atoms with Crippen molar-refractivity contribution in [2.45, 2.75) is 99.8 Å². The standard InChI is InChI=1S/C46H62N8O6/c1-25(2)35(51-43(57)59-11)41(55)53-37(45(5,6)7)39-47-23-33(49-39)28-15-13-27(14-16-28)29-17-18-31-22-32(20-19-30(31)21-29)34-24-48-40(50-34)38(46(8,9)10)54-42(56)36(26(3)4)52-44(58)60-12/h13-26,35-38,44,52,58H,1-12H3,(H,47,49)(H,48,50)(H,51,57)(H,53,55)(H,54,56)/t35-,36-,37-,38-,44?/m1/s1. The molecule has 2 aromatic heterocycles. The smallest absolute Gasteiger partial charge is 0.407 e. The fraction of sp³-hybridized carbons (Fsp3) is 0.457. The summed E-state index contributed by atoms with van der Waals surface area (Å²) in [5.74, 6) is 0.414. The van der Waals surface area contributed by atoms with Gasteiger partial charge in [0.1, 0.15) is 17.7 Å². The number of amides is 3. The van der Waals surface area contributed by atoms with Crippen molar-refractivity contribution >= 4 is 28.7 Å². The molecule has 322 valence electrons. The Hall–Kier alpha value is -5.57. The molecule has 5 atom stereocenters. The lowest BCUT2D eigenvalue weighted by Gasteiger charge is -2.32. The molecule has 3 amide bonds. The van der Waals surface area contributed by atoms with Gasteiger partial charge in [-0.05, 0) is 62.3 Å². The first-order chi connectivity index (χ1) is 28.2. The maximum absolute atomic E-state index is 13.4. The average Bonchev–Trinajstić information content (AvgIpc) is 3.89. The van der Waals surface area contributed by atoms with Crippen LogP contribution in [-0.2, 0) is 19.1 Å². The Morgan fingerprint density at radius 1 is 0.617 bits per heavy atom. The van der Waals surface area contributed by atoms with E-state index in [4.69, 9.17) is 14.5 Å². The third kappa shape index (κ3) is 11.0. The van der Waals surface area contributed by atoms with Crippen molar-refractivity contribution in [1.29, 1.82) is 0 Å². The van der Waals surface area contributed by atoms with Gasteiger partial charge in [-0.2, -0.15) is 0 Å². The quantitative estimate of drug-likeness (QED) is 0.0520. The van der Waals surface area contributed by atoms with E-state index in [1.807, 2.05) is 81.4 Å². The number of benzene rings is 3. The van der Waals surface area contributed by atoms with Gasteiger partial charge < -0.3 is 40.5 Å². The first-order valence-corrected chi connectivity index (χ1v) is 20.4. The summed E-state index contributed by atoms with van der Waals surface area (Å²) in [7, 11) is 2.64. The van der Waals surface area contributed by atoms with E-state index in [0.717, 1.165) is 44.4 Å². The van der Waals surface area contributed by atoms with Gasteiger partial charge in [0.05, 0.1) is 49.0 Å². The molecule has 0 radical (unpaired) electrons. The molecule has 0 bridgehead atoms. The molecule has 14 heteroatoms. The minimum absolute atomic E-state index is 0.101. The van der Waals surface area contributed by atoms with Gasteiger partial charge in [0.15, 0.2) is 0 Å². The van der Waals surface area contributed by atoms with Crippen LogP contribution >= 0.6 is 0 Å². The van der Waals surface area contributed by atoms with Crippen molar-refractivity contribution in [3.8, 4) is 33.6 Å².